The van der Waals surface area contributed by atoms with Crippen LogP contribution in [0.25, 0.3) is 0 Å². The van der Waals surface area contributed by atoms with Gasteiger partial charge >= 0.3 is 0 Å². The van der Waals surface area contributed by atoms with Crippen molar-refractivity contribution in [2.24, 2.45) is 0 Å². The first kappa shape index (κ1) is 14.4. The zero-order chi connectivity index (χ0) is 13.5. The summed E-state index contributed by atoms with van der Waals surface area (Å²) in [5.74, 6) is -0.0886. The second-order valence-corrected chi connectivity index (χ2v) is 4.48. The van der Waals surface area contributed by atoms with Crippen LogP contribution < -0.4 is 5.73 Å². The number of anilines is 1. The fourth-order valence-electron chi connectivity index (χ4n) is 1.73. The Hall–Kier alpha value is -1.62. The predicted molar refractivity (Wildman–Crippen MR) is 73.4 cm³/mol. The highest BCUT2D eigenvalue weighted by molar-refractivity contribution is 5.97. The van der Waals surface area contributed by atoms with Crippen LogP contribution in [0.3, 0.4) is 0 Å². The minimum absolute atomic E-state index is 0.0886. The van der Waals surface area contributed by atoms with E-state index in [-0.39, 0.29) is 5.91 Å². The molecule has 5 nitrogen and oxygen atoms in total. The largest absolute Gasteiger partial charge is 0.397 e. The summed E-state index contributed by atoms with van der Waals surface area (Å²) in [6, 6.07) is 3.43. The second kappa shape index (κ2) is 6.96. The Bertz CT molecular complexity index is 392. The van der Waals surface area contributed by atoms with Crippen molar-refractivity contribution >= 4 is 11.6 Å². The zero-order valence-corrected chi connectivity index (χ0v) is 11.4. The highest BCUT2D eigenvalue weighted by Crippen LogP contribution is 2.10. The van der Waals surface area contributed by atoms with Crippen LogP contribution in [0.15, 0.2) is 18.3 Å². The van der Waals surface area contributed by atoms with Crippen molar-refractivity contribution in [2.75, 3.05) is 39.5 Å². The maximum Gasteiger partial charge on any atom is 0.274 e. The molecule has 1 aromatic rings. The molecule has 100 valence electrons. The second-order valence-electron chi connectivity index (χ2n) is 4.48. The average molecular weight is 250 g/mol. The summed E-state index contributed by atoms with van der Waals surface area (Å²) in [5.41, 5.74) is 6.56. The summed E-state index contributed by atoms with van der Waals surface area (Å²) in [7, 11) is 4.05. The highest BCUT2D eigenvalue weighted by atomic mass is 16.2. The van der Waals surface area contributed by atoms with Crippen LogP contribution in [-0.2, 0) is 0 Å². The van der Waals surface area contributed by atoms with E-state index in [0.29, 0.717) is 17.9 Å². The van der Waals surface area contributed by atoms with E-state index in [4.69, 9.17) is 5.73 Å². The number of nitrogens with two attached hydrogens (primary N) is 1. The zero-order valence-electron chi connectivity index (χ0n) is 11.4. The van der Waals surface area contributed by atoms with E-state index in [0.717, 1.165) is 19.5 Å². The molecule has 1 amide bonds. The number of amides is 1. The third kappa shape index (κ3) is 4.00. The fourth-order valence-corrected chi connectivity index (χ4v) is 1.73. The summed E-state index contributed by atoms with van der Waals surface area (Å²) in [6.07, 6.45) is 2.54. The summed E-state index contributed by atoms with van der Waals surface area (Å²) in [4.78, 5) is 20.2. The summed E-state index contributed by atoms with van der Waals surface area (Å²) in [6.45, 7) is 4.32. The summed E-state index contributed by atoms with van der Waals surface area (Å²) >= 11 is 0. The minimum atomic E-state index is -0.0886. The molecular formula is C13H22N4O. The van der Waals surface area contributed by atoms with Crippen LogP contribution in [0.5, 0.6) is 0 Å². The number of rotatable bonds is 6. The molecule has 0 aliphatic heterocycles. The van der Waals surface area contributed by atoms with Crippen molar-refractivity contribution in [1.29, 1.82) is 0 Å². The number of carbonyl (C=O) groups is 1. The Morgan fingerprint density at radius 2 is 2.11 bits per heavy atom. The molecule has 2 N–H and O–H groups in total. The molecule has 0 unspecified atom stereocenters. The Morgan fingerprint density at radius 1 is 1.39 bits per heavy atom. The molecule has 0 saturated carbocycles. The monoisotopic (exact) mass is 250 g/mol. The number of hydrogen-bond donors (Lipinski definition) is 1. The molecule has 1 aromatic heterocycles. The van der Waals surface area contributed by atoms with Crippen molar-refractivity contribution in [1.82, 2.24) is 14.8 Å². The first-order valence-corrected chi connectivity index (χ1v) is 6.20. The number of hydrogen-bond acceptors (Lipinski definition) is 4. The lowest BCUT2D eigenvalue weighted by molar-refractivity contribution is 0.0754. The van der Waals surface area contributed by atoms with Gasteiger partial charge in [-0.3, -0.25) is 4.79 Å². The van der Waals surface area contributed by atoms with E-state index in [1.807, 2.05) is 21.0 Å². The molecule has 0 bridgehead atoms. The Morgan fingerprint density at radius 3 is 2.67 bits per heavy atom. The molecule has 18 heavy (non-hydrogen) atoms. The third-order valence-electron chi connectivity index (χ3n) is 2.74. The van der Waals surface area contributed by atoms with Gasteiger partial charge in [-0.25, -0.2) is 4.98 Å². The minimum Gasteiger partial charge on any atom is -0.397 e. The van der Waals surface area contributed by atoms with Crippen molar-refractivity contribution in [3.05, 3.63) is 24.0 Å². The standard InChI is InChI=1S/C13H22N4O/c1-4-17(10-6-9-16(2)3)13(18)12-11(14)7-5-8-15-12/h5,7-8H,4,6,9-10,14H2,1-3H3. The van der Waals surface area contributed by atoms with Crippen LogP contribution in [0.1, 0.15) is 23.8 Å². The highest BCUT2D eigenvalue weighted by Gasteiger charge is 2.17. The molecule has 0 saturated heterocycles. The Kier molecular flexibility index (Phi) is 5.58. The lowest BCUT2D eigenvalue weighted by Gasteiger charge is -2.22. The Labute approximate surface area is 109 Å². The smallest absolute Gasteiger partial charge is 0.274 e. The van der Waals surface area contributed by atoms with Gasteiger partial charge in [0.1, 0.15) is 0 Å². The normalized spacial score (nSPS) is 10.7. The average Bonchev–Trinajstić information content (AvgIpc) is 2.34. The molecule has 0 radical (unpaired) electrons. The van der Waals surface area contributed by atoms with Gasteiger partial charge in [-0.05, 0) is 46.1 Å². The van der Waals surface area contributed by atoms with Gasteiger partial charge in [0.15, 0.2) is 5.69 Å². The topological polar surface area (TPSA) is 62.5 Å². The van der Waals surface area contributed by atoms with Gasteiger partial charge in [0.05, 0.1) is 5.69 Å². The van der Waals surface area contributed by atoms with Crippen molar-refractivity contribution in [2.45, 2.75) is 13.3 Å². The van der Waals surface area contributed by atoms with Crippen LogP contribution >= 0.6 is 0 Å². The fraction of sp³-hybridized carbons (Fsp3) is 0.538. The van der Waals surface area contributed by atoms with E-state index < -0.39 is 0 Å². The number of carbonyl (C=O) groups excluding carboxylic acids is 1. The Balaban J connectivity index is 2.65. The summed E-state index contributed by atoms with van der Waals surface area (Å²) < 4.78 is 0. The molecule has 5 heteroatoms. The van der Waals surface area contributed by atoms with Gasteiger partial charge in [0, 0.05) is 19.3 Å². The van der Waals surface area contributed by atoms with Gasteiger partial charge in [0.2, 0.25) is 0 Å². The van der Waals surface area contributed by atoms with Crippen LogP contribution in [0.4, 0.5) is 5.69 Å². The van der Waals surface area contributed by atoms with Gasteiger partial charge in [-0.2, -0.15) is 0 Å². The number of pyridine rings is 1. The third-order valence-corrected chi connectivity index (χ3v) is 2.74. The maximum absolute atomic E-state index is 12.2. The molecular weight excluding hydrogens is 228 g/mol. The van der Waals surface area contributed by atoms with E-state index >= 15 is 0 Å². The molecule has 0 fully saturated rings. The lowest BCUT2D eigenvalue weighted by Crippen LogP contribution is -2.34. The quantitative estimate of drug-likeness (QED) is 0.820. The molecule has 0 aliphatic carbocycles. The van der Waals surface area contributed by atoms with Gasteiger partial charge in [0.25, 0.3) is 5.91 Å². The van der Waals surface area contributed by atoms with Gasteiger partial charge in [-0.1, -0.05) is 0 Å². The van der Waals surface area contributed by atoms with Crippen LogP contribution in [-0.4, -0.2) is 54.4 Å². The molecule has 0 atom stereocenters. The number of nitrogen functional groups attached to an aromatic ring is 1. The van der Waals surface area contributed by atoms with Crippen molar-refractivity contribution in [3.63, 3.8) is 0 Å². The summed E-state index contributed by atoms with van der Waals surface area (Å²) in [5, 5.41) is 0. The molecule has 0 aromatic carbocycles. The van der Waals surface area contributed by atoms with E-state index in [2.05, 4.69) is 9.88 Å². The first-order valence-electron chi connectivity index (χ1n) is 6.20. The van der Waals surface area contributed by atoms with E-state index in [9.17, 15) is 4.79 Å². The van der Waals surface area contributed by atoms with Crippen molar-refractivity contribution in [3.8, 4) is 0 Å². The molecule has 1 rings (SSSR count). The molecule has 1 heterocycles. The van der Waals surface area contributed by atoms with E-state index in [1.165, 1.54) is 0 Å². The van der Waals surface area contributed by atoms with Gasteiger partial charge in [-0.15, -0.1) is 0 Å². The lowest BCUT2D eigenvalue weighted by atomic mass is 10.2. The van der Waals surface area contributed by atoms with Crippen LogP contribution in [0.2, 0.25) is 0 Å². The van der Waals surface area contributed by atoms with Crippen molar-refractivity contribution < 1.29 is 4.79 Å². The molecule has 0 spiro atoms. The predicted octanol–water partition coefficient (Wildman–Crippen LogP) is 1.08. The SMILES string of the molecule is CCN(CCCN(C)C)C(=O)c1ncccc1N. The number of aromatic nitrogens is 1. The maximum atomic E-state index is 12.2. The molecule has 0 aliphatic rings. The van der Waals surface area contributed by atoms with Gasteiger partial charge < -0.3 is 15.5 Å². The van der Waals surface area contributed by atoms with Crippen LogP contribution in [0, 0.1) is 0 Å². The van der Waals surface area contributed by atoms with E-state index in [1.54, 1.807) is 23.2 Å². The first-order chi connectivity index (χ1) is 8.56. The number of nitrogens with zero attached hydrogens (tertiary/aromatic N) is 3.